The van der Waals surface area contributed by atoms with E-state index in [-0.39, 0.29) is 11.6 Å². The summed E-state index contributed by atoms with van der Waals surface area (Å²) in [6, 6.07) is 14.6. The van der Waals surface area contributed by atoms with Gasteiger partial charge in [-0.15, -0.1) is 0 Å². The average Bonchev–Trinajstić information content (AvgIpc) is 3.08. The molecule has 2 aromatic carbocycles. The van der Waals surface area contributed by atoms with Gasteiger partial charge in [-0.1, -0.05) is 51.3 Å². The molecule has 1 aliphatic carbocycles. The molecule has 1 aromatic heterocycles. The number of Topliss-reactive ketones (excluding diaryl/α,β-unsaturated/α-hetero) is 2. The van der Waals surface area contributed by atoms with E-state index in [9.17, 15) is 9.59 Å². The Bertz CT molecular complexity index is 1170. The van der Waals surface area contributed by atoms with Crippen LogP contribution in [0.25, 0.3) is 10.9 Å². The first-order valence-corrected chi connectivity index (χ1v) is 11.9. The van der Waals surface area contributed by atoms with E-state index in [1.807, 2.05) is 31.2 Å². The molecule has 4 rings (SSSR count). The normalized spacial score (nSPS) is 16.2. The van der Waals surface area contributed by atoms with Crippen LogP contribution in [0.15, 0.2) is 48.5 Å². The molecule has 0 spiro atoms. The second-order valence-corrected chi connectivity index (χ2v) is 8.59. The van der Waals surface area contributed by atoms with Crippen molar-refractivity contribution in [1.82, 2.24) is 4.98 Å². The molecule has 0 radical (unpaired) electrons. The number of benzene rings is 2. The van der Waals surface area contributed by atoms with Crippen LogP contribution >= 0.6 is 0 Å². The van der Waals surface area contributed by atoms with Gasteiger partial charge >= 0.3 is 0 Å². The van der Waals surface area contributed by atoms with Gasteiger partial charge in [-0.3, -0.25) is 9.59 Å². The van der Waals surface area contributed by atoms with E-state index in [4.69, 9.17) is 14.5 Å². The lowest BCUT2D eigenvalue weighted by molar-refractivity contribution is 0.0888. The Balaban J connectivity index is 1.63. The predicted molar refractivity (Wildman–Crippen MR) is 130 cm³/mol. The molecular formula is C28H31NO4. The van der Waals surface area contributed by atoms with Gasteiger partial charge in [-0.2, -0.15) is 0 Å². The van der Waals surface area contributed by atoms with Gasteiger partial charge in [0, 0.05) is 16.5 Å². The molecule has 0 fully saturated rings. The number of carbonyl (C=O) groups excluding carboxylic acids is 2. The quantitative estimate of drug-likeness (QED) is 0.338. The number of carbonyl (C=O) groups is 2. The summed E-state index contributed by atoms with van der Waals surface area (Å²) in [4.78, 5) is 31.1. The van der Waals surface area contributed by atoms with Crippen LogP contribution in [-0.4, -0.2) is 29.8 Å². The molecule has 0 aliphatic heterocycles. The number of aromatic nitrogens is 1. The van der Waals surface area contributed by atoms with Crippen molar-refractivity contribution in [2.75, 3.05) is 13.2 Å². The molecule has 5 heteroatoms. The lowest BCUT2D eigenvalue weighted by Gasteiger charge is -2.17. The number of para-hydroxylation sites is 1. The SMILES string of the molecule is CCCCC(CC)COc1cccc2ccc(C3C(=O)c4ccc(OCC)cc4C3=O)nc12. The minimum absolute atomic E-state index is 0.214. The van der Waals surface area contributed by atoms with Crippen LogP contribution in [0, 0.1) is 5.92 Å². The lowest BCUT2D eigenvalue weighted by Crippen LogP contribution is -2.15. The van der Waals surface area contributed by atoms with E-state index in [1.165, 1.54) is 12.8 Å². The standard InChI is InChI=1S/C28H31NO4/c1-4-7-9-18(5-2)17-33-24-11-8-10-19-12-15-23(29-26(19)24)25-27(30)21-14-13-20(32-6-3)16-22(21)28(25)31/h8,10-16,18,25H,4-7,9,17H2,1-3H3. The fourth-order valence-corrected chi connectivity index (χ4v) is 4.42. The third-order valence-electron chi connectivity index (χ3n) is 6.38. The fraction of sp³-hybridized carbons (Fsp3) is 0.393. The smallest absolute Gasteiger partial charge is 0.180 e. The van der Waals surface area contributed by atoms with E-state index in [0.29, 0.717) is 53.0 Å². The highest BCUT2D eigenvalue weighted by Gasteiger charge is 2.40. The summed E-state index contributed by atoms with van der Waals surface area (Å²) >= 11 is 0. The summed E-state index contributed by atoms with van der Waals surface area (Å²) < 4.78 is 11.7. The van der Waals surface area contributed by atoms with Crippen LogP contribution < -0.4 is 9.47 Å². The minimum atomic E-state index is -0.928. The molecule has 0 saturated heterocycles. The van der Waals surface area contributed by atoms with Gasteiger partial charge in [-0.25, -0.2) is 4.98 Å². The Labute approximate surface area is 195 Å². The summed E-state index contributed by atoms with van der Waals surface area (Å²) in [6.45, 7) is 7.40. The second kappa shape index (κ2) is 10.2. The third-order valence-corrected chi connectivity index (χ3v) is 6.38. The summed E-state index contributed by atoms with van der Waals surface area (Å²) in [5.74, 6) is 0.408. The monoisotopic (exact) mass is 445 g/mol. The number of fused-ring (bicyclic) bond motifs is 2. The van der Waals surface area contributed by atoms with Crippen molar-refractivity contribution in [3.63, 3.8) is 0 Å². The zero-order valence-corrected chi connectivity index (χ0v) is 19.6. The summed E-state index contributed by atoms with van der Waals surface area (Å²) in [6.07, 6.45) is 4.57. The first-order valence-electron chi connectivity index (χ1n) is 11.9. The predicted octanol–water partition coefficient (Wildman–Crippen LogP) is 6.39. The number of hydrogen-bond donors (Lipinski definition) is 0. The van der Waals surface area contributed by atoms with E-state index < -0.39 is 5.92 Å². The van der Waals surface area contributed by atoms with Gasteiger partial charge in [0.25, 0.3) is 0 Å². The fourth-order valence-electron chi connectivity index (χ4n) is 4.42. The molecule has 5 nitrogen and oxygen atoms in total. The maximum Gasteiger partial charge on any atom is 0.180 e. The van der Waals surface area contributed by atoms with E-state index in [1.54, 1.807) is 24.3 Å². The third kappa shape index (κ3) is 4.63. The Hall–Kier alpha value is -3.21. The van der Waals surface area contributed by atoms with Crippen molar-refractivity contribution in [2.45, 2.75) is 52.4 Å². The van der Waals surface area contributed by atoms with Crippen LogP contribution in [0.4, 0.5) is 0 Å². The van der Waals surface area contributed by atoms with Crippen molar-refractivity contribution in [3.8, 4) is 11.5 Å². The molecule has 0 amide bonds. The van der Waals surface area contributed by atoms with Gasteiger partial charge in [0.05, 0.1) is 18.9 Å². The first-order chi connectivity index (χ1) is 16.1. The lowest BCUT2D eigenvalue weighted by atomic mass is 9.98. The largest absolute Gasteiger partial charge is 0.494 e. The first kappa shape index (κ1) is 23.0. The van der Waals surface area contributed by atoms with Crippen LogP contribution in [0.2, 0.25) is 0 Å². The summed E-state index contributed by atoms with van der Waals surface area (Å²) in [5.41, 5.74) is 1.98. The molecule has 1 heterocycles. The highest BCUT2D eigenvalue weighted by atomic mass is 16.5. The molecular weight excluding hydrogens is 414 g/mol. The number of pyridine rings is 1. The van der Waals surface area contributed by atoms with Crippen LogP contribution in [0.5, 0.6) is 11.5 Å². The molecule has 33 heavy (non-hydrogen) atoms. The van der Waals surface area contributed by atoms with Crippen LogP contribution in [0.1, 0.15) is 78.8 Å². The minimum Gasteiger partial charge on any atom is -0.494 e. The summed E-state index contributed by atoms with van der Waals surface area (Å²) in [7, 11) is 0. The van der Waals surface area contributed by atoms with E-state index in [2.05, 4.69) is 13.8 Å². The zero-order chi connectivity index (χ0) is 23.4. The van der Waals surface area contributed by atoms with Gasteiger partial charge in [-0.05, 0) is 49.6 Å². The number of ether oxygens (including phenoxy) is 2. The molecule has 172 valence electrons. The van der Waals surface area contributed by atoms with Gasteiger partial charge < -0.3 is 9.47 Å². The van der Waals surface area contributed by atoms with Gasteiger partial charge in [0.1, 0.15) is 22.9 Å². The number of ketones is 2. The van der Waals surface area contributed by atoms with Crippen molar-refractivity contribution < 1.29 is 19.1 Å². The van der Waals surface area contributed by atoms with Crippen molar-refractivity contribution in [1.29, 1.82) is 0 Å². The highest BCUT2D eigenvalue weighted by Crippen LogP contribution is 2.36. The van der Waals surface area contributed by atoms with Crippen LogP contribution in [-0.2, 0) is 0 Å². The van der Waals surface area contributed by atoms with Crippen LogP contribution in [0.3, 0.4) is 0 Å². The molecule has 0 N–H and O–H groups in total. The maximum atomic E-state index is 13.2. The molecule has 1 aliphatic rings. The second-order valence-electron chi connectivity index (χ2n) is 8.59. The molecule has 0 saturated carbocycles. The van der Waals surface area contributed by atoms with Gasteiger partial charge in [0.15, 0.2) is 11.6 Å². The number of unbranched alkanes of at least 4 members (excludes halogenated alkanes) is 1. The number of hydrogen-bond acceptors (Lipinski definition) is 5. The Kier molecular flexibility index (Phi) is 7.07. The van der Waals surface area contributed by atoms with E-state index >= 15 is 0 Å². The molecule has 3 aromatic rings. The van der Waals surface area contributed by atoms with Crippen molar-refractivity contribution >= 4 is 22.5 Å². The molecule has 2 atom stereocenters. The molecule has 2 unspecified atom stereocenters. The van der Waals surface area contributed by atoms with Gasteiger partial charge in [0.2, 0.25) is 0 Å². The zero-order valence-electron chi connectivity index (χ0n) is 19.6. The molecule has 0 bridgehead atoms. The Morgan fingerprint density at radius 2 is 1.76 bits per heavy atom. The number of nitrogens with zero attached hydrogens (tertiary/aromatic N) is 1. The Morgan fingerprint density at radius 3 is 2.52 bits per heavy atom. The number of rotatable bonds is 10. The Morgan fingerprint density at radius 1 is 0.939 bits per heavy atom. The maximum absolute atomic E-state index is 13.2. The van der Waals surface area contributed by atoms with Crippen molar-refractivity contribution in [3.05, 3.63) is 65.4 Å². The van der Waals surface area contributed by atoms with E-state index in [0.717, 1.165) is 18.2 Å². The highest BCUT2D eigenvalue weighted by molar-refractivity contribution is 6.29. The topological polar surface area (TPSA) is 65.5 Å². The summed E-state index contributed by atoms with van der Waals surface area (Å²) in [5, 5.41) is 0.923. The average molecular weight is 446 g/mol. The van der Waals surface area contributed by atoms with Crippen molar-refractivity contribution in [2.24, 2.45) is 5.92 Å².